The molecule has 20 heavy (non-hydrogen) atoms. The smallest absolute Gasteiger partial charge is 0.368 e. The summed E-state index contributed by atoms with van der Waals surface area (Å²) < 4.78 is 16.2. The summed E-state index contributed by atoms with van der Waals surface area (Å²) in [4.78, 5) is 12.1. The molecule has 116 valence electrons. The van der Waals surface area contributed by atoms with Crippen molar-refractivity contribution in [3.05, 3.63) is 0 Å². The molecular weight excluding hydrogens is 276 g/mol. The Bertz CT molecular complexity index is 274. The van der Waals surface area contributed by atoms with Crippen LogP contribution < -0.4 is 0 Å². The summed E-state index contributed by atoms with van der Waals surface area (Å²) in [5.41, 5.74) is 0. The lowest BCUT2D eigenvalue weighted by molar-refractivity contribution is 0.0931. The second-order valence-corrected chi connectivity index (χ2v) is 6.77. The van der Waals surface area contributed by atoms with E-state index in [1.807, 2.05) is 0 Å². The molecule has 0 saturated carbocycles. The van der Waals surface area contributed by atoms with Crippen molar-refractivity contribution in [2.75, 3.05) is 13.2 Å². The van der Waals surface area contributed by atoms with Crippen molar-refractivity contribution < 1.29 is 19.0 Å². The van der Waals surface area contributed by atoms with Crippen molar-refractivity contribution in [3.63, 3.8) is 0 Å². The number of carbonyl (C=O) groups excluding carboxylic acids is 1. The highest BCUT2D eigenvalue weighted by Crippen LogP contribution is 2.32. The van der Waals surface area contributed by atoms with Crippen LogP contribution in [0, 0.1) is 0 Å². The van der Waals surface area contributed by atoms with Crippen molar-refractivity contribution in [3.8, 4) is 0 Å². The number of carbonyl (C=O) groups is 1. The molecule has 4 atom stereocenters. The molecule has 2 rings (SSSR count). The van der Waals surface area contributed by atoms with Gasteiger partial charge in [0, 0.05) is 5.25 Å². The zero-order valence-corrected chi connectivity index (χ0v) is 13.3. The highest BCUT2D eigenvalue weighted by molar-refractivity contribution is 8.13. The molecule has 4 unspecified atom stereocenters. The SMILES string of the molecule is CCCCC(OC(=O)SC(CCCC)C1CO1)C1CO1. The number of rotatable bonds is 10. The highest BCUT2D eigenvalue weighted by Gasteiger charge is 2.38. The predicted octanol–water partition coefficient (Wildman–Crippen LogP) is 3.77. The minimum absolute atomic E-state index is 0.0538. The molecule has 0 bridgehead atoms. The molecule has 2 heterocycles. The van der Waals surface area contributed by atoms with Gasteiger partial charge in [-0.05, 0) is 31.0 Å². The molecule has 0 aromatic rings. The molecule has 0 spiro atoms. The quantitative estimate of drug-likeness (QED) is 0.454. The Balaban J connectivity index is 1.73. The second-order valence-electron chi connectivity index (χ2n) is 5.59. The molecule has 0 aromatic carbocycles. The van der Waals surface area contributed by atoms with Crippen molar-refractivity contribution in [1.29, 1.82) is 0 Å². The fraction of sp³-hybridized carbons (Fsp3) is 0.933. The first-order chi connectivity index (χ1) is 9.74. The van der Waals surface area contributed by atoms with Crippen LogP contribution in [0.15, 0.2) is 0 Å². The first kappa shape index (κ1) is 16.1. The fourth-order valence-electron chi connectivity index (χ4n) is 2.27. The van der Waals surface area contributed by atoms with Crippen LogP contribution in [0.25, 0.3) is 0 Å². The zero-order valence-electron chi connectivity index (χ0n) is 12.5. The topological polar surface area (TPSA) is 51.4 Å². The molecule has 0 aromatic heterocycles. The third-order valence-corrected chi connectivity index (χ3v) is 4.86. The van der Waals surface area contributed by atoms with Gasteiger partial charge in [-0.15, -0.1) is 0 Å². The van der Waals surface area contributed by atoms with Crippen LogP contribution in [0.3, 0.4) is 0 Å². The van der Waals surface area contributed by atoms with Gasteiger partial charge in [0.2, 0.25) is 0 Å². The van der Waals surface area contributed by atoms with Crippen LogP contribution in [0.4, 0.5) is 4.79 Å². The van der Waals surface area contributed by atoms with Gasteiger partial charge in [-0.2, -0.15) is 0 Å². The average molecular weight is 302 g/mol. The van der Waals surface area contributed by atoms with E-state index in [1.165, 1.54) is 11.8 Å². The maximum absolute atomic E-state index is 12.1. The minimum atomic E-state index is -0.154. The Kier molecular flexibility index (Phi) is 6.65. The molecule has 0 N–H and O–H groups in total. The van der Waals surface area contributed by atoms with Crippen molar-refractivity contribution in [2.45, 2.75) is 75.9 Å². The average Bonchev–Trinajstić information content (AvgIpc) is 3.30. The Hall–Kier alpha value is -0.260. The normalized spacial score (nSPS) is 26.9. The van der Waals surface area contributed by atoms with Gasteiger partial charge in [0.15, 0.2) is 0 Å². The number of ether oxygens (including phenoxy) is 3. The van der Waals surface area contributed by atoms with Crippen LogP contribution in [0.1, 0.15) is 52.4 Å². The summed E-state index contributed by atoms with van der Waals surface area (Å²) in [5.74, 6) is 0. The van der Waals surface area contributed by atoms with Gasteiger partial charge >= 0.3 is 5.30 Å². The van der Waals surface area contributed by atoms with Gasteiger partial charge in [0.1, 0.15) is 12.2 Å². The maximum atomic E-state index is 12.1. The summed E-state index contributed by atoms with van der Waals surface area (Å²) >= 11 is 1.32. The molecule has 2 fully saturated rings. The summed E-state index contributed by atoms with van der Waals surface area (Å²) in [7, 11) is 0. The number of hydrogen-bond acceptors (Lipinski definition) is 5. The van der Waals surface area contributed by atoms with Crippen molar-refractivity contribution in [2.24, 2.45) is 0 Å². The van der Waals surface area contributed by atoms with E-state index in [0.717, 1.165) is 51.7 Å². The van der Waals surface area contributed by atoms with Crippen LogP contribution in [0.5, 0.6) is 0 Å². The molecule has 2 saturated heterocycles. The Morgan fingerprint density at radius 3 is 2.30 bits per heavy atom. The molecule has 0 aliphatic carbocycles. The van der Waals surface area contributed by atoms with Gasteiger partial charge < -0.3 is 14.2 Å². The zero-order chi connectivity index (χ0) is 14.4. The predicted molar refractivity (Wildman–Crippen MR) is 80.2 cm³/mol. The summed E-state index contributed by atoms with van der Waals surface area (Å²) in [6.45, 7) is 5.84. The summed E-state index contributed by atoms with van der Waals surface area (Å²) in [6, 6.07) is 0. The van der Waals surface area contributed by atoms with E-state index in [2.05, 4.69) is 13.8 Å². The monoisotopic (exact) mass is 302 g/mol. The maximum Gasteiger partial charge on any atom is 0.368 e. The van der Waals surface area contributed by atoms with Gasteiger partial charge in [0.05, 0.1) is 19.3 Å². The third-order valence-electron chi connectivity index (χ3n) is 3.73. The van der Waals surface area contributed by atoms with Gasteiger partial charge in [-0.3, -0.25) is 0 Å². The molecule has 2 aliphatic rings. The summed E-state index contributed by atoms with van der Waals surface area (Å²) in [6.07, 6.45) is 6.75. The molecule has 0 amide bonds. The molecule has 0 radical (unpaired) electrons. The Morgan fingerprint density at radius 1 is 1.15 bits per heavy atom. The largest absolute Gasteiger partial charge is 0.451 e. The highest BCUT2D eigenvalue weighted by atomic mass is 32.2. The first-order valence-corrected chi connectivity index (χ1v) is 8.73. The number of thioether (sulfide) groups is 1. The second kappa shape index (κ2) is 8.25. The van der Waals surface area contributed by atoms with E-state index in [-0.39, 0.29) is 28.9 Å². The van der Waals surface area contributed by atoms with Crippen molar-refractivity contribution in [1.82, 2.24) is 0 Å². The third kappa shape index (κ3) is 5.62. The number of unbranched alkanes of at least 4 members (excludes halogenated alkanes) is 2. The van der Waals surface area contributed by atoms with Gasteiger partial charge in [0.25, 0.3) is 0 Å². The van der Waals surface area contributed by atoms with E-state index < -0.39 is 0 Å². The number of epoxide rings is 2. The Labute approximate surface area is 125 Å². The van der Waals surface area contributed by atoms with E-state index in [9.17, 15) is 4.79 Å². The van der Waals surface area contributed by atoms with Crippen molar-refractivity contribution >= 4 is 17.1 Å². The van der Waals surface area contributed by atoms with E-state index >= 15 is 0 Å². The standard InChI is InChI=1S/C15H26O4S/c1-3-5-7-11(12-9-17-12)19-15(16)20-14(8-6-4-2)13-10-18-13/h11-14H,3-10H2,1-2H3. The first-order valence-electron chi connectivity index (χ1n) is 7.85. The number of hydrogen-bond donors (Lipinski definition) is 0. The lowest BCUT2D eigenvalue weighted by Gasteiger charge is -2.17. The lowest BCUT2D eigenvalue weighted by Crippen LogP contribution is -2.24. The van der Waals surface area contributed by atoms with Crippen LogP contribution in [-0.4, -0.2) is 42.1 Å². The summed E-state index contributed by atoms with van der Waals surface area (Å²) in [5, 5.41) is 0.104. The lowest BCUT2D eigenvalue weighted by atomic mass is 10.1. The van der Waals surface area contributed by atoms with Gasteiger partial charge in [-0.25, -0.2) is 4.79 Å². The Morgan fingerprint density at radius 2 is 1.75 bits per heavy atom. The minimum Gasteiger partial charge on any atom is -0.451 e. The van der Waals surface area contributed by atoms with Gasteiger partial charge in [-0.1, -0.05) is 33.1 Å². The van der Waals surface area contributed by atoms with E-state index in [4.69, 9.17) is 14.2 Å². The van der Waals surface area contributed by atoms with Crippen LogP contribution in [-0.2, 0) is 14.2 Å². The molecule has 5 heteroatoms. The fourth-order valence-corrected chi connectivity index (χ4v) is 3.29. The van der Waals surface area contributed by atoms with Crippen LogP contribution >= 0.6 is 11.8 Å². The molecule has 2 aliphatic heterocycles. The van der Waals surface area contributed by atoms with Crippen LogP contribution in [0.2, 0.25) is 0 Å². The van der Waals surface area contributed by atoms with E-state index in [0.29, 0.717) is 0 Å². The van der Waals surface area contributed by atoms with E-state index in [1.54, 1.807) is 0 Å². The molecule has 4 nitrogen and oxygen atoms in total. The molecular formula is C15H26O4S.